The van der Waals surface area contributed by atoms with Gasteiger partial charge in [0, 0.05) is 0 Å². The smallest absolute Gasteiger partial charge is 0.0971 e. The van der Waals surface area contributed by atoms with E-state index < -0.39 is 18.2 Å². The van der Waals surface area contributed by atoms with Gasteiger partial charge in [0.05, 0.1) is 24.9 Å². The molecule has 62 valence electrons. The van der Waals surface area contributed by atoms with Gasteiger partial charge < -0.3 is 21.1 Å². The molecule has 0 aliphatic heterocycles. The fourth-order valence-electron chi connectivity index (χ4n) is 0.635. The predicted molar refractivity (Wildman–Crippen MR) is 37.4 cm³/mol. The molecule has 0 aliphatic rings. The van der Waals surface area contributed by atoms with Crippen molar-refractivity contribution < 1.29 is 15.3 Å². The van der Waals surface area contributed by atoms with Gasteiger partial charge in [-0.05, 0) is 6.42 Å². The SMILES string of the molecule is CC[C@@H](O)[C@@H](O)[C@@H](N)CO. The minimum absolute atomic E-state index is 0.307. The fourth-order valence-corrected chi connectivity index (χ4v) is 0.635. The molecule has 0 aromatic carbocycles. The second-order valence-electron chi connectivity index (χ2n) is 2.31. The van der Waals surface area contributed by atoms with Gasteiger partial charge in [0.1, 0.15) is 0 Å². The van der Waals surface area contributed by atoms with Crippen LogP contribution in [0.2, 0.25) is 0 Å². The molecular formula is C6H15NO3. The summed E-state index contributed by atoms with van der Waals surface area (Å²) < 4.78 is 0. The Hall–Kier alpha value is -0.160. The van der Waals surface area contributed by atoms with E-state index >= 15 is 0 Å². The summed E-state index contributed by atoms with van der Waals surface area (Å²) in [7, 11) is 0. The Morgan fingerprint density at radius 1 is 1.40 bits per heavy atom. The molecule has 4 heteroatoms. The molecule has 0 radical (unpaired) electrons. The van der Waals surface area contributed by atoms with Crippen LogP contribution in [0.1, 0.15) is 13.3 Å². The predicted octanol–water partition coefficient (Wildman–Crippen LogP) is -1.56. The molecular weight excluding hydrogens is 134 g/mol. The normalized spacial score (nSPS) is 20.1. The number of aliphatic hydroxyl groups excluding tert-OH is 3. The first-order valence-electron chi connectivity index (χ1n) is 3.36. The molecule has 3 atom stereocenters. The zero-order valence-corrected chi connectivity index (χ0v) is 6.07. The van der Waals surface area contributed by atoms with Gasteiger partial charge in [-0.15, -0.1) is 0 Å². The van der Waals surface area contributed by atoms with Gasteiger partial charge in [0.25, 0.3) is 0 Å². The Morgan fingerprint density at radius 3 is 2.20 bits per heavy atom. The van der Waals surface area contributed by atoms with Gasteiger partial charge in [0.15, 0.2) is 0 Å². The molecule has 0 aliphatic carbocycles. The van der Waals surface area contributed by atoms with Crippen molar-refractivity contribution in [2.24, 2.45) is 5.73 Å². The lowest BCUT2D eigenvalue weighted by Gasteiger charge is -2.20. The van der Waals surface area contributed by atoms with Crippen LogP contribution in [0.5, 0.6) is 0 Å². The topological polar surface area (TPSA) is 86.7 Å². The summed E-state index contributed by atoms with van der Waals surface area (Å²) in [6.07, 6.45) is -1.41. The van der Waals surface area contributed by atoms with Gasteiger partial charge in [-0.3, -0.25) is 0 Å². The molecule has 0 heterocycles. The third-order valence-corrected chi connectivity index (χ3v) is 1.46. The lowest BCUT2D eigenvalue weighted by Crippen LogP contribution is -2.45. The van der Waals surface area contributed by atoms with E-state index in [1.165, 1.54) is 0 Å². The molecule has 5 N–H and O–H groups in total. The Balaban J connectivity index is 3.69. The number of rotatable bonds is 4. The van der Waals surface area contributed by atoms with E-state index in [9.17, 15) is 0 Å². The maximum atomic E-state index is 9.05. The molecule has 0 fully saturated rings. The Kier molecular flexibility index (Phi) is 4.55. The van der Waals surface area contributed by atoms with Crippen molar-refractivity contribution in [3.8, 4) is 0 Å². The summed E-state index contributed by atoms with van der Waals surface area (Å²) in [5.74, 6) is 0. The Labute approximate surface area is 60.3 Å². The van der Waals surface area contributed by atoms with Crippen LogP contribution in [-0.4, -0.2) is 40.2 Å². The monoisotopic (exact) mass is 149 g/mol. The zero-order valence-electron chi connectivity index (χ0n) is 6.07. The molecule has 0 bridgehead atoms. The summed E-state index contributed by atoms with van der Waals surface area (Å²) in [6.45, 7) is 1.43. The molecule has 0 spiro atoms. The average Bonchev–Trinajstić information content (AvgIpc) is 2.00. The molecule has 0 aromatic rings. The molecule has 0 aromatic heterocycles. The number of hydrogen-bond acceptors (Lipinski definition) is 4. The first kappa shape index (κ1) is 9.84. The minimum Gasteiger partial charge on any atom is -0.395 e. The fraction of sp³-hybridized carbons (Fsp3) is 1.00. The molecule has 0 amide bonds. The standard InChI is InChI=1S/C6H15NO3/c1-2-5(9)6(10)4(7)3-8/h4-6,8-10H,2-3,7H2,1H3/t4-,5+,6-/m0/s1. The molecule has 0 saturated carbocycles. The quantitative estimate of drug-likeness (QED) is 0.389. The van der Waals surface area contributed by atoms with Crippen molar-refractivity contribution in [2.75, 3.05) is 6.61 Å². The van der Waals surface area contributed by atoms with Crippen LogP contribution in [0.15, 0.2) is 0 Å². The summed E-state index contributed by atoms with van der Waals surface area (Å²) in [6, 6.07) is -0.741. The molecule has 10 heavy (non-hydrogen) atoms. The van der Waals surface area contributed by atoms with Gasteiger partial charge in [-0.1, -0.05) is 6.92 Å². The van der Waals surface area contributed by atoms with Crippen LogP contribution in [-0.2, 0) is 0 Å². The van der Waals surface area contributed by atoms with Crippen LogP contribution < -0.4 is 5.73 Å². The second-order valence-corrected chi connectivity index (χ2v) is 2.31. The first-order chi connectivity index (χ1) is 4.63. The summed E-state index contributed by atoms with van der Waals surface area (Å²) in [4.78, 5) is 0. The first-order valence-corrected chi connectivity index (χ1v) is 3.36. The van der Waals surface area contributed by atoms with Crippen LogP contribution in [0.4, 0.5) is 0 Å². The van der Waals surface area contributed by atoms with Crippen molar-refractivity contribution in [1.29, 1.82) is 0 Å². The highest BCUT2D eigenvalue weighted by atomic mass is 16.3. The van der Waals surface area contributed by atoms with Crippen LogP contribution in [0, 0.1) is 0 Å². The van der Waals surface area contributed by atoms with E-state index in [0.29, 0.717) is 6.42 Å². The summed E-state index contributed by atoms with van der Waals surface area (Å²) in [5.41, 5.74) is 5.23. The van der Waals surface area contributed by atoms with Gasteiger partial charge in [-0.25, -0.2) is 0 Å². The van der Waals surface area contributed by atoms with E-state index in [-0.39, 0.29) is 6.61 Å². The van der Waals surface area contributed by atoms with Gasteiger partial charge in [-0.2, -0.15) is 0 Å². The van der Waals surface area contributed by atoms with E-state index in [1.807, 2.05) is 0 Å². The van der Waals surface area contributed by atoms with E-state index in [2.05, 4.69) is 0 Å². The second kappa shape index (κ2) is 4.62. The van der Waals surface area contributed by atoms with Crippen molar-refractivity contribution in [3.63, 3.8) is 0 Å². The van der Waals surface area contributed by atoms with Crippen molar-refractivity contribution >= 4 is 0 Å². The lowest BCUT2D eigenvalue weighted by atomic mass is 10.1. The van der Waals surface area contributed by atoms with E-state index in [1.54, 1.807) is 6.92 Å². The van der Waals surface area contributed by atoms with Crippen LogP contribution >= 0.6 is 0 Å². The number of aliphatic hydroxyl groups is 3. The lowest BCUT2D eigenvalue weighted by molar-refractivity contribution is -0.00852. The van der Waals surface area contributed by atoms with E-state index in [0.717, 1.165) is 0 Å². The molecule has 0 unspecified atom stereocenters. The molecule has 0 saturated heterocycles. The highest BCUT2D eigenvalue weighted by Gasteiger charge is 2.20. The Bertz CT molecular complexity index is 79.1. The van der Waals surface area contributed by atoms with Crippen molar-refractivity contribution in [2.45, 2.75) is 31.6 Å². The van der Waals surface area contributed by atoms with E-state index in [4.69, 9.17) is 21.1 Å². The largest absolute Gasteiger partial charge is 0.395 e. The molecule has 0 rings (SSSR count). The maximum absolute atomic E-state index is 9.05. The maximum Gasteiger partial charge on any atom is 0.0971 e. The highest BCUT2D eigenvalue weighted by Crippen LogP contribution is 2.00. The third-order valence-electron chi connectivity index (χ3n) is 1.46. The van der Waals surface area contributed by atoms with Crippen LogP contribution in [0.25, 0.3) is 0 Å². The zero-order chi connectivity index (χ0) is 8.15. The number of nitrogens with two attached hydrogens (primary N) is 1. The minimum atomic E-state index is -1.02. The van der Waals surface area contributed by atoms with Gasteiger partial charge in [0.2, 0.25) is 0 Å². The average molecular weight is 149 g/mol. The Morgan fingerprint density at radius 2 is 1.90 bits per heavy atom. The highest BCUT2D eigenvalue weighted by molar-refractivity contribution is 4.76. The summed E-state index contributed by atoms with van der Waals surface area (Å²) >= 11 is 0. The van der Waals surface area contributed by atoms with Crippen LogP contribution in [0.3, 0.4) is 0 Å². The summed E-state index contributed by atoms with van der Waals surface area (Å²) in [5, 5.41) is 26.5. The number of hydrogen-bond donors (Lipinski definition) is 4. The van der Waals surface area contributed by atoms with Crippen molar-refractivity contribution in [3.05, 3.63) is 0 Å². The van der Waals surface area contributed by atoms with Gasteiger partial charge >= 0.3 is 0 Å². The third kappa shape index (κ3) is 2.62. The molecule has 4 nitrogen and oxygen atoms in total. The van der Waals surface area contributed by atoms with Crippen molar-refractivity contribution in [1.82, 2.24) is 0 Å².